The summed E-state index contributed by atoms with van der Waals surface area (Å²) in [6.45, 7) is 4.55. The summed E-state index contributed by atoms with van der Waals surface area (Å²) in [5.41, 5.74) is 2.89. The monoisotopic (exact) mass is 379 g/mol. The van der Waals surface area contributed by atoms with Crippen LogP contribution in [0.2, 0.25) is 5.02 Å². The molecule has 0 amide bonds. The number of hydrogen-bond acceptors (Lipinski definition) is 3. The Labute approximate surface area is 165 Å². The molecule has 0 N–H and O–H groups in total. The number of halogens is 1. The van der Waals surface area contributed by atoms with E-state index in [2.05, 4.69) is 19.0 Å². The molecule has 138 valence electrons. The highest BCUT2D eigenvalue weighted by Gasteiger charge is 2.09. The molecule has 0 aromatic heterocycles. The van der Waals surface area contributed by atoms with Crippen molar-refractivity contribution in [3.63, 3.8) is 0 Å². The van der Waals surface area contributed by atoms with Gasteiger partial charge in [0.1, 0.15) is 18.1 Å². The summed E-state index contributed by atoms with van der Waals surface area (Å²) in [7, 11) is 0. The minimum atomic E-state index is 0.235. The Morgan fingerprint density at radius 3 is 2.30 bits per heavy atom. The Hall–Kier alpha value is -2.78. The fourth-order valence-electron chi connectivity index (χ4n) is 2.61. The van der Waals surface area contributed by atoms with Crippen molar-refractivity contribution < 1.29 is 9.57 Å². The third kappa shape index (κ3) is 5.60. The van der Waals surface area contributed by atoms with E-state index in [0.29, 0.717) is 11.6 Å². The van der Waals surface area contributed by atoms with Crippen molar-refractivity contribution in [2.45, 2.75) is 20.5 Å². The van der Waals surface area contributed by atoms with Crippen molar-refractivity contribution in [2.24, 2.45) is 11.1 Å². The second kappa shape index (κ2) is 9.24. The first-order valence-electron chi connectivity index (χ1n) is 8.89. The first-order chi connectivity index (χ1) is 13.1. The van der Waals surface area contributed by atoms with Gasteiger partial charge in [0, 0.05) is 5.02 Å². The molecule has 0 atom stereocenters. The van der Waals surface area contributed by atoms with E-state index in [1.165, 1.54) is 0 Å². The summed E-state index contributed by atoms with van der Waals surface area (Å²) in [5.74, 6) is 1.81. The van der Waals surface area contributed by atoms with Crippen LogP contribution in [0.25, 0.3) is 0 Å². The van der Waals surface area contributed by atoms with Crippen molar-refractivity contribution >= 4 is 17.3 Å². The van der Waals surface area contributed by atoms with Crippen LogP contribution in [-0.2, 0) is 11.4 Å². The Kier molecular flexibility index (Phi) is 6.50. The van der Waals surface area contributed by atoms with Crippen molar-refractivity contribution in [1.82, 2.24) is 0 Å². The average Bonchev–Trinajstić information content (AvgIpc) is 2.67. The first-order valence-corrected chi connectivity index (χ1v) is 9.27. The maximum Gasteiger partial charge on any atom is 0.142 e. The molecule has 3 nitrogen and oxygen atoms in total. The van der Waals surface area contributed by atoms with Crippen LogP contribution >= 0.6 is 11.6 Å². The molecule has 4 heteroatoms. The van der Waals surface area contributed by atoms with Gasteiger partial charge in [0.15, 0.2) is 0 Å². The quantitative estimate of drug-likeness (QED) is 0.337. The van der Waals surface area contributed by atoms with Gasteiger partial charge >= 0.3 is 0 Å². The lowest BCUT2D eigenvalue weighted by molar-refractivity contribution is 0.129. The molecular weight excluding hydrogens is 358 g/mol. The SMILES string of the molecule is CC(C)/C(=N\OCc1cccc(Oc2ccccc2)c1)c1ccc(Cl)cc1. The van der Waals surface area contributed by atoms with Gasteiger partial charge in [0.25, 0.3) is 0 Å². The number of hydrogen-bond donors (Lipinski definition) is 0. The van der Waals surface area contributed by atoms with Crippen molar-refractivity contribution in [3.8, 4) is 11.5 Å². The molecule has 3 aromatic carbocycles. The number of nitrogens with zero attached hydrogens (tertiary/aromatic N) is 1. The minimum absolute atomic E-state index is 0.235. The molecule has 0 aliphatic carbocycles. The normalized spacial score (nSPS) is 11.5. The van der Waals surface area contributed by atoms with Crippen LogP contribution in [-0.4, -0.2) is 5.71 Å². The summed E-state index contributed by atoms with van der Waals surface area (Å²) < 4.78 is 5.86. The Morgan fingerprint density at radius 2 is 1.59 bits per heavy atom. The van der Waals surface area contributed by atoms with Gasteiger partial charge in [0.2, 0.25) is 0 Å². The van der Waals surface area contributed by atoms with Crippen molar-refractivity contribution in [3.05, 3.63) is 95.0 Å². The standard InChI is InChI=1S/C23H22ClNO2/c1-17(2)23(19-11-13-20(24)14-12-19)25-26-16-18-7-6-10-22(15-18)27-21-8-4-3-5-9-21/h3-15,17H,16H2,1-2H3/b25-23+. The lowest BCUT2D eigenvalue weighted by Crippen LogP contribution is -2.10. The number of rotatable bonds is 7. The van der Waals surface area contributed by atoms with Crippen LogP contribution in [0.15, 0.2) is 84.0 Å². The lowest BCUT2D eigenvalue weighted by atomic mass is 10.0. The topological polar surface area (TPSA) is 30.8 Å². The zero-order valence-corrected chi connectivity index (χ0v) is 16.2. The summed E-state index contributed by atoms with van der Waals surface area (Å²) in [5, 5.41) is 5.07. The van der Waals surface area contributed by atoms with Gasteiger partial charge in [-0.05, 0) is 53.4 Å². The van der Waals surface area contributed by atoms with Gasteiger partial charge in [-0.15, -0.1) is 0 Å². The summed E-state index contributed by atoms with van der Waals surface area (Å²) in [6.07, 6.45) is 0. The maximum absolute atomic E-state index is 5.97. The second-order valence-corrected chi connectivity index (χ2v) is 6.91. The van der Waals surface area contributed by atoms with E-state index in [1.54, 1.807) is 0 Å². The van der Waals surface area contributed by atoms with E-state index in [1.807, 2.05) is 78.9 Å². The van der Waals surface area contributed by atoms with Gasteiger partial charge in [-0.2, -0.15) is 0 Å². The third-order valence-corrected chi connectivity index (χ3v) is 4.21. The van der Waals surface area contributed by atoms with Crippen LogP contribution in [0, 0.1) is 5.92 Å². The second-order valence-electron chi connectivity index (χ2n) is 6.47. The minimum Gasteiger partial charge on any atom is -0.457 e. The molecule has 3 aromatic rings. The van der Waals surface area contributed by atoms with Gasteiger partial charge < -0.3 is 9.57 Å². The van der Waals surface area contributed by atoms with Crippen LogP contribution in [0.4, 0.5) is 0 Å². The molecule has 0 aliphatic heterocycles. The predicted octanol–water partition coefficient (Wildman–Crippen LogP) is 6.71. The molecule has 0 saturated heterocycles. The van der Waals surface area contributed by atoms with E-state index in [9.17, 15) is 0 Å². The summed E-state index contributed by atoms with van der Waals surface area (Å²) >= 11 is 5.97. The van der Waals surface area contributed by atoms with E-state index in [0.717, 1.165) is 28.3 Å². The summed E-state index contributed by atoms with van der Waals surface area (Å²) in [4.78, 5) is 5.63. The van der Waals surface area contributed by atoms with Crippen LogP contribution < -0.4 is 4.74 Å². The number of benzene rings is 3. The number of ether oxygens (including phenoxy) is 1. The highest BCUT2D eigenvalue weighted by atomic mass is 35.5. The van der Waals surface area contributed by atoms with Crippen LogP contribution in [0.3, 0.4) is 0 Å². The molecule has 0 spiro atoms. The molecule has 0 heterocycles. The lowest BCUT2D eigenvalue weighted by Gasteiger charge is -2.11. The Balaban J connectivity index is 1.67. The van der Waals surface area contributed by atoms with E-state index in [-0.39, 0.29) is 5.92 Å². The smallest absolute Gasteiger partial charge is 0.142 e. The van der Waals surface area contributed by atoms with Crippen LogP contribution in [0.1, 0.15) is 25.0 Å². The van der Waals surface area contributed by atoms with Gasteiger partial charge in [-0.1, -0.05) is 73.1 Å². The Morgan fingerprint density at radius 1 is 0.889 bits per heavy atom. The fourth-order valence-corrected chi connectivity index (χ4v) is 2.74. The average molecular weight is 380 g/mol. The molecule has 0 aliphatic rings. The highest BCUT2D eigenvalue weighted by molar-refractivity contribution is 6.30. The van der Waals surface area contributed by atoms with E-state index < -0.39 is 0 Å². The fraction of sp³-hybridized carbons (Fsp3) is 0.174. The molecule has 0 saturated carbocycles. The molecule has 0 radical (unpaired) electrons. The first kappa shape index (κ1) is 19.0. The molecule has 0 bridgehead atoms. The molecule has 27 heavy (non-hydrogen) atoms. The third-order valence-electron chi connectivity index (χ3n) is 3.96. The van der Waals surface area contributed by atoms with Crippen LogP contribution in [0.5, 0.6) is 11.5 Å². The number of para-hydroxylation sites is 1. The molecule has 0 unspecified atom stereocenters. The zero-order valence-electron chi connectivity index (χ0n) is 15.4. The maximum atomic E-state index is 5.97. The molecular formula is C23H22ClNO2. The molecule has 3 rings (SSSR count). The van der Waals surface area contributed by atoms with Crippen molar-refractivity contribution in [1.29, 1.82) is 0 Å². The number of oxime groups is 1. The molecule has 0 fully saturated rings. The zero-order chi connectivity index (χ0) is 19.1. The highest BCUT2D eigenvalue weighted by Crippen LogP contribution is 2.22. The van der Waals surface area contributed by atoms with E-state index >= 15 is 0 Å². The predicted molar refractivity (Wildman–Crippen MR) is 111 cm³/mol. The summed E-state index contributed by atoms with van der Waals surface area (Å²) in [6, 6.07) is 25.2. The van der Waals surface area contributed by atoms with Crippen molar-refractivity contribution in [2.75, 3.05) is 0 Å². The largest absolute Gasteiger partial charge is 0.457 e. The Bertz CT molecular complexity index is 890. The van der Waals surface area contributed by atoms with Gasteiger partial charge in [-0.25, -0.2) is 0 Å². The van der Waals surface area contributed by atoms with Gasteiger partial charge in [0.05, 0.1) is 5.71 Å². The van der Waals surface area contributed by atoms with Gasteiger partial charge in [-0.3, -0.25) is 0 Å². The van der Waals surface area contributed by atoms with E-state index in [4.69, 9.17) is 21.2 Å².